The lowest BCUT2D eigenvalue weighted by Gasteiger charge is -2.42. The molecule has 1 unspecified atom stereocenters. The lowest BCUT2D eigenvalue weighted by Crippen LogP contribution is -2.61. The summed E-state index contributed by atoms with van der Waals surface area (Å²) in [4.78, 5) is 13.6. The Kier molecular flexibility index (Phi) is 2.69. The van der Waals surface area contributed by atoms with E-state index in [0.29, 0.717) is 19.8 Å². The van der Waals surface area contributed by atoms with Gasteiger partial charge >= 0.3 is 0 Å². The normalized spacial score (nSPS) is 24.9. The Labute approximate surface area is 106 Å². The van der Waals surface area contributed by atoms with E-state index in [4.69, 9.17) is 9.47 Å². The number of carbonyl (C=O) groups excluding carboxylic acids is 1. The van der Waals surface area contributed by atoms with Crippen LogP contribution in [0.25, 0.3) is 0 Å². The average molecular weight is 245 g/mol. The van der Waals surface area contributed by atoms with E-state index >= 15 is 0 Å². The highest BCUT2D eigenvalue weighted by molar-refractivity contribution is 5.87. The van der Waals surface area contributed by atoms with E-state index in [1.54, 1.807) is 4.90 Å². The SMILES string of the molecule is C=CC(=O)N1CC(c2ccccc2)OC12COC2. The summed E-state index contributed by atoms with van der Waals surface area (Å²) in [5, 5.41) is 0. The van der Waals surface area contributed by atoms with Crippen LogP contribution in [0.2, 0.25) is 0 Å². The number of hydrogen-bond acceptors (Lipinski definition) is 3. The standard InChI is InChI=1S/C14H15NO3/c1-2-13(16)15-8-12(11-6-4-3-5-7-11)18-14(15)9-17-10-14/h2-7,12H,1,8-10H2. The highest BCUT2D eigenvalue weighted by Crippen LogP contribution is 2.40. The van der Waals surface area contributed by atoms with Crippen molar-refractivity contribution < 1.29 is 14.3 Å². The van der Waals surface area contributed by atoms with Gasteiger partial charge in [-0.05, 0) is 11.6 Å². The van der Waals surface area contributed by atoms with Gasteiger partial charge in [0.15, 0.2) is 5.72 Å². The second kappa shape index (κ2) is 4.23. The zero-order valence-electron chi connectivity index (χ0n) is 10.0. The van der Waals surface area contributed by atoms with Crippen molar-refractivity contribution in [2.45, 2.75) is 11.8 Å². The van der Waals surface area contributed by atoms with Crippen molar-refractivity contribution in [3.8, 4) is 0 Å². The number of benzene rings is 1. The number of nitrogens with zero attached hydrogens (tertiary/aromatic N) is 1. The molecule has 18 heavy (non-hydrogen) atoms. The maximum atomic E-state index is 11.9. The van der Waals surface area contributed by atoms with Crippen molar-refractivity contribution in [3.63, 3.8) is 0 Å². The predicted molar refractivity (Wildman–Crippen MR) is 65.7 cm³/mol. The molecule has 0 aromatic heterocycles. The van der Waals surface area contributed by atoms with Crippen LogP contribution in [0.3, 0.4) is 0 Å². The van der Waals surface area contributed by atoms with Gasteiger partial charge in [-0.1, -0.05) is 36.9 Å². The largest absolute Gasteiger partial charge is 0.371 e. The lowest BCUT2D eigenvalue weighted by atomic mass is 10.1. The second-order valence-corrected chi connectivity index (χ2v) is 4.61. The van der Waals surface area contributed by atoms with Crippen molar-refractivity contribution in [1.82, 2.24) is 4.90 Å². The third kappa shape index (κ3) is 1.65. The van der Waals surface area contributed by atoms with Crippen LogP contribution in [0.5, 0.6) is 0 Å². The van der Waals surface area contributed by atoms with Gasteiger partial charge in [0.25, 0.3) is 0 Å². The van der Waals surface area contributed by atoms with Gasteiger partial charge in [-0.2, -0.15) is 0 Å². The maximum absolute atomic E-state index is 11.9. The van der Waals surface area contributed by atoms with Crippen molar-refractivity contribution in [3.05, 3.63) is 48.6 Å². The molecule has 1 aromatic carbocycles. The Morgan fingerprint density at radius 3 is 2.67 bits per heavy atom. The Morgan fingerprint density at radius 2 is 2.11 bits per heavy atom. The number of hydrogen-bond donors (Lipinski definition) is 0. The number of amides is 1. The van der Waals surface area contributed by atoms with Gasteiger partial charge in [0.05, 0.1) is 19.8 Å². The lowest BCUT2D eigenvalue weighted by molar-refractivity contribution is -0.247. The van der Waals surface area contributed by atoms with Crippen LogP contribution in [0.15, 0.2) is 43.0 Å². The summed E-state index contributed by atoms with van der Waals surface area (Å²) in [5.74, 6) is -0.100. The molecule has 0 aliphatic carbocycles. The first kappa shape index (κ1) is 11.4. The summed E-state index contributed by atoms with van der Waals surface area (Å²) in [6.45, 7) is 4.97. The summed E-state index contributed by atoms with van der Waals surface area (Å²) in [6.07, 6.45) is 1.25. The van der Waals surface area contributed by atoms with E-state index in [-0.39, 0.29) is 12.0 Å². The zero-order chi connectivity index (χ0) is 12.6. The van der Waals surface area contributed by atoms with Crippen molar-refractivity contribution in [2.24, 2.45) is 0 Å². The monoisotopic (exact) mass is 245 g/mol. The molecule has 1 atom stereocenters. The highest BCUT2D eigenvalue weighted by atomic mass is 16.6. The van der Waals surface area contributed by atoms with Crippen LogP contribution in [0.4, 0.5) is 0 Å². The van der Waals surface area contributed by atoms with E-state index in [0.717, 1.165) is 5.56 Å². The number of ether oxygens (including phenoxy) is 2. The van der Waals surface area contributed by atoms with Gasteiger partial charge in [-0.15, -0.1) is 0 Å². The fourth-order valence-corrected chi connectivity index (χ4v) is 2.44. The molecule has 4 nitrogen and oxygen atoms in total. The molecule has 4 heteroatoms. The summed E-state index contributed by atoms with van der Waals surface area (Å²) in [6, 6.07) is 9.94. The van der Waals surface area contributed by atoms with Crippen LogP contribution in [-0.4, -0.2) is 36.3 Å². The van der Waals surface area contributed by atoms with E-state index in [1.165, 1.54) is 6.08 Å². The van der Waals surface area contributed by atoms with E-state index in [1.807, 2.05) is 30.3 Å². The Balaban J connectivity index is 1.86. The van der Waals surface area contributed by atoms with Crippen molar-refractivity contribution in [2.75, 3.05) is 19.8 Å². The third-order valence-electron chi connectivity index (χ3n) is 3.47. The van der Waals surface area contributed by atoms with Crippen LogP contribution in [0, 0.1) is 0 Å². The molecule has 2 saturated heterocycles. The quantitative estimate of drug-likeness (QED) is 0.741. The summed E-state index contributed by atoms with van der Waals surface area (Å²) >= 11 is 0. The average Bonchev–Trinajstić information content (AvgIpc) is 2.79. The van der Waals surface area contributed by atoms with Gasteiger partial charge in [0.1, 0.15) is 6.10 Å². The van der Waals surface area contributed by atoms with Crippen LogP contribution in [-0.2, 0) is 14.3 Å². The molecule has 2 aliphatic heterocycles. The molecule has 2 fully saturated rings. The first-order chi connectivity index (χ1) is 8.75. The second-order valence-electron chi connectivity index (χ2n) is 4.61. The zero-order valence-corrected chi connectivity index (χ0v) is 10.0. The first-order valence-electron chi connectivity index (χ1n) is 6.00. The minimum absolute atomic E-state index is 0.0843. The molecule has 1 aromatic rings. The highest BCUT2D eigenvalue weighted by Gasteiger charge is 2.54. The fraction of sp³-hybridized carbons (Fsp3) is 0.357. The predicted octanol–water partition coefficient (Wildman–Crippen LogP) is 1.50. The molecule has 2 aliphatic rings. The van der Waals surface area contributed by atoms with Gasteiger partial charge < -0.3 is 14.4 Å². The van der Waals surface area contributed by atoms with Crippen LogP contribution in [0.1, 0.15) is 11.7 Å². The topological polar surface area (TPSA) is 38.8 Å². The maximum Gasteiger partial charge on any atom is 0.248 e. The van der Waals surface area contributed by atoms with E-state index < -0.39 is 5.72 Å². The molecule has 3 rings (SSSR count). The van der Waals surface area contributed by atoms with Gasteiger partial charge in [-0.3, -0.25) is 4.79 Å². The Bertz CT molecular complexity index is 467. The van der Waals surface area contributed by atoms with Crippen LogP contribution < -0.4 is 0 Å². The minimum atomic E-state index is -0.578. The summed E-state index contributed by atoms with van der Waals surface area (Å²) in [7, 11) is 0. The van der Waals surface area contributed by atoms with Gasteiger partial charge in [0.2, 0.25) is 5.91 Å². The van der Waals surface area contributed by atoms with Crippen molar-refractivity contribution in [1.29, 1.82) is 0 Å². The molecule has 1 amide bonds. The van der Waals surface area contributed by atoms with Gasteiger partial charge in [-0.25, -0.2) is 0 Å². The Morgan fingerprint density at radius 1 is 1.39 bits per heavy atom. The minimum Gasteiger partial charge on any atom is -0.371 e. The number of rotatable bonds is 2. The smallest absolute Gasteiger partial charge is 0.248 e. The molecule has 0 N–H and O–H groups in total. The molecule has 0 bridgehead atoms. The molecule has 0 radical (unpaired) electrons. The molecule has 0 saturated carbocycles. The Hall–Kier alpha value is -1.65. The molecular weight excluding hydrogens is 230 g/mol. The summed E-state index contributed by atoms with van der Waals surface area (Å²) in [5.41, 5.74) is 0.509. The van der Waals surface area contributed by atoms with Crippen molar-refractivity contribution >= 4 is 5.91 Å². The van der Waals surface area contributed by atoms with Gasteiger partial charge in [0, 0.05) is 0 Å². The van der Waals surface area contributed by atoms with Crippen LogP contribution >= 0.6 is 0 Å². The fourth-order valence-electron chi connectivity index (χ4n) is 2.44. The molecule has 2 heterocycles. The first-order valence-corrected chi connectivity index (χ1v) is 6.00. The molecular formula is C14H15NO3. The van der Waals surface area contributed by atoms with E-state index in [2.05, 4.69) is 6.58 Å². The molecule has 94 valence electrons. The third-order valence-corrected chi connectivity index (χ3v) is 3.47. The summed E-state index contributed by atoms with van der Waals surface area (Å²) < 4.78 is 11.3. The molecule has 1 spiro atoms. The van der Waals surface area contributed by atoms with E-state index in [9.17, 15) is 4.79 Å². The number of carbonyl (C=O) groups is 1.